The normalized spacial score (nSPS) is 12.9. The SMILES string of the molecule is O=C(C=C(NCCNC(=CC(=O)C(F)(F)F)c1ccccc1)c1ccccc1)C(F)(F)F. The Balaban J connectivity index is 2.15. The summed E-state index contributed by atoms with van der Waals surface area (Å²) in [6.45, 7) is -0.119. The molecule has 0 aromatic heterocycles. The minimum atomic E-state index is -5.05. The molecule has 0 saturated carbocycles. The topological polar surface area (TPSA) is 58.2 Å². The first kappa shape index (κ1) is 24.7. The molecule has 2 N–H and O–H groups in total. The third-order valence-corrected chi connectivity index (χ3v) is 4.04. The van der Waals surface area contributed by atoms with Crippen molar-refractivity contribution in [2.45, 2.75) is 12.4 Å². The molecule has 2 aromatic rings. The highest BCUT2D eigenvalue weighted by molar-refractivity contribution is 6.00. The van der Waals surface area contributed by atoms with Crippen molar-refractivity contribution in [2.75, 3.05) is 13.1 Å². The van der Waals surface area contributed by atoms with Crippen LogP contribution in [0.2, 0.25) is 0 Å². The average molecular weight is 456 g/mol. The van der Waals surface area contributed by atoms with Gasteiger partial charge in [-0.25, -0.2) is 0 Å². The summed E-state index contributed by atoms with van der Waals surface area (Å²) in [5.74, 6) is -4.12. The van der Waals surface area contributed by atoms with E-state index in [1.165, 1.54) is 24.3 Å². The Labute approximate surface area is 179 Å². The van der Waals surface area contributed by atoms with Gasteiger partial charge in [-0.15, -0.1) is 0 Å². The van der Waals surface area contributed by atoms with Gasteiger partial charge in [-0.05, 0) is 11.1 Å². The van der Waals surface area contributed by atoms with E-state index in [0.717, 1.165) is 0 Å². The lowest BCUT2D eigenvalue weighted by Gasteiger charge is -2.15. The van der Waals surface area contributed by atoms with Crippen LogP contribution >= 0.6 is 0 Å². The van der Waals surface area contributed by atoms with E-state index in [-0.39, 0.29) is 24.5 Å². The molecule has 0 saturated heterocycles. The number of rotatable bonds is 9. The molecule has 0 atom stereocenters. The molecule has 2 rings (SSSR count). The fraction of sp³-hybridized carbons (Fsp3) is 0.182. The van der Waals surface area contributed by atoms with Crippen molar-refractivity contribution in [1.29, 1.82) is 0 Å². The van der Waals surface area contributed by atoms with E-state index in [9.17, 15) is 35.9 Å². The number of allylic oxidation sites excluding steroid dienone is 2. The minimum Gasteiger partial charge on any atom is -0.383 e. The lowest BCUT2D eigenvalue weighted by atomic mass is 10.1. The Morgan fingerprint density at radius 3 is 1.22 bits per heavy atom. The van der Waals surface area contributed by atoms with E-state index in [4.69, 9.17) is 0 Å². The number of halogens is 6. The molecule has 0 aliphatic heterocycles. The summed E-state index contributed by atoms with van der Waals surface area (Å²) in [4.78, 5) is 22.8. The molecule has 2 aromatic carbocycles. The van der Waals surface area contributed by atoms with E-state index in [1.54, 1.807) is 36.4 Å². The minimum absolute atomic E-state index is 0.0593. The maximum Gasteiger partial charge on any atom is 0.454 e. The van der Waals surface area contributed by atoms with E-state index in [1.807, 2.05) is 0 Å². The van der Waals surface area contributed by atoms with Crippen LogP contribution in [0.1, 0.15) is 11.1 Å². The summed E-state index contributed by atoms with van der Waals surface area (Å²) >= 11 is 0. The average Bonchev–Trinajstić information content (AvgIpc) is 2.74. The Bertz CT molecular complexity index is 899. The quantitative estimate of drug-likeness (QED) is 0.331. The second-order valence-corrected chi connectivity index (χ2v) is 6.43. The number of nitrogens with one attached hydrogen (secondary N) is 2. The number of hydrogen-bond donors (Lipinski definition) is 2. The van der Waals surface area contributed by atoms with Crippen LogP contribution in [0, 0.1) is 0 Å². The van der Waals surface area contributed by atoms with Crippen LogP contribution in [0.4, 0.5) is 26.3 Å². The molecule has 0 unspecified atom stereocenters. The fourth-order valence-corrected chi connectivity index (χ4v) is 2.53. The fourth-order valence-electron chi connectivity index (χ4n) is 2.53. The number of hydrogen-bond acceptors (Lipinski definition) is 4. The van der Waals surface area contributed by atoms with Gasteiger partial charge in [-0.2, -0.15) is 26.3 Å². The van der Waals surface area contributed by atoms with Crippen LogP contribution in [0.25, 0.3) is 11.4 Å². The number of carbonyl (C=O) groups excluding carboxylic acids is 2. The lowest BCUT2D eigenvalue weighted by Crippen LogP contribution is -2.28. The predicted octanol–water partition coefficient (Wildman–Crippen LogP) is 4.51. The second kappa shape index (κ2) is 10.7. The van der Waals surface area contributed by atoms with Crippen LogP contribution in [0.5, 0.6) is 0 Å². The van der Waals surface area contributed by atoms with Crippen molar-refractivity contribution in [3.05, 3.63) is 83.9 Å². The lowest BCUT2D eigenvalue weighted by molar-refractivity contribution is -0.165. The zero-order valence-electron chi connectivity index (χ0n) is 16.4. The van der Waals surface area contributed by atoms with Crippen molar-refractivity contribution in [3.63, 3.8) is 0 Å². The van der Waals surface area contributed by atoms with Gasteiger partial charge in [0.25, 0.3) is 11.6 Å². The van der Waals surface area contributed by atoms with Gasteiger partial charge < -0.3 is 10.6 Å². The molecule has 0 heterocycles. The molecule has 0 spiro atoms. The molecule has 170 valence electrons. The van der Waals surface area contributed by atoms with Crippen molar-refractivity contribution < 1.29 is 35.9 Å². The second-order valence-electron chi connectivity index (χ2n) is 6.43. The molecule has 0 fully saturated rings. The third kappa shape index (κ3) is 7.60. The number of ketones is 2. The van der Waals surface area contributed by atoms with Gasteiger partial charge >= 0.3 is 12.4 Å². The maximum absolute atomic E-state index is 12.7. The Hall–Kier alpha value is -3.56. The zero-order valence-corrected chi connectivity index (χ0v) is 16.4. The number of carbonyl (C=O) groups is 2. The first-order valence-corrected chi connectivity index (χ1v) is 9.23. The predicted molar refractivity (Wildman–Crippen MR) is 107 cm³/mol. The summed E-state index contributed by atoms with van der Waals surface area (Å²) < 4.78 is 76.0. The Kier molecular flexibility index (Phi) is 8.22. The summed E-state index contributed by atoms with van der Waals surface area (Å²) in [7, 11) is 0. The molecule has 0 bridgehead atoms. The van der Waals surface area contributed by atoms with Gasteiger partial charge in [-0.3, -0.25) is 9.59 Å². The van der Waals surface area contributed by atoms with Crippen LogP contribution in [-0.2, 0) is 9.59 Å². The molecule has 0 aliphatic carbocycles. The molecule has 10 heteroatoms. The largest absolute Gasteiger partial charge is 0.454 e. The molecule has 0 radical (unpaired) electrons. The Morgan fingerprint density at radius 1 is 0.625 bits per heavy atom. The van der Waals surface area contributed by atoms with E-state index in [0.29, 0.717) is 23.3 Å². The number of alkyl halides is 6. The van der Waals surface area contributed by atoms with Gasteiger partial charge in [0.15, 0.2) is 0 Å². The third-order valence-electron chi connectivity index (χ3n) is 4.04. The molecular formula is C22H18F6N2O2. The molecule has 0 aliphatic rings. The van der Waals surface area contributed by atoms with Crippen molar-refractivity contribution in [2.24, 2.45) is 0 Å². The van der Waals surface area contributed by atoms with E-state index >= 15 is 0 Å². The van der Waals surface area contributed by atoms with Gasteiger partial charge in [0.1, 0.15) is 0 Å². The maximum atomic E-state index is 12.7. The van der Waals surface area contributed by atoms with Crippen LogP contribution in [-0.4, -0.2) is 37.0 Å². The monoisotopic (exact) mass is 456 g/mol. The summed E-state index contributed by atoms with van der Waals surface area (Å²) in [6, 6.07) is 15.5. The molecule has 32 heavy (non-hydrogen) atoms. The van der Waals surface area contributed by atoms with Crippen molar-refractivity contribution in [3.8, 4) is 0 Å². The highest BCUT2D eigenvalue weighted by Gasteiger charge is 2.37. The van der Waals surface area contributed by atoms with E-state index in [2.05, 4.69) is 10.6 Å². The van der Waals surface area contributed by atoms with Crippen LogP contribution in [0.3, 0.4) is 0 Å². The number of benzene rings is 2. The van der Waals surface area contributed by atoms with Gasteiger partial charge in [0, 0.05) is 36.6 Å². The Morgan fingerprint density at radius 2 is 0.938 bits per heavy atom. The smallest absolute Gasteiger partial charge is 0.383 e. The summed E-state index contributed by atoms with van der Waals surface area (Å²) in [5.41, 5.74) is 0.421. The zero-order chi connectivity index (χ0) is 23.8. The summed E-state index contributed by atoms with van der Waals surface area (Å²) in [6.07, 6.45) is -9.28. The molecular weight excluding hydrogens is 438 g/mol. The molecule has 0 amide bonds. The first-order chi connectivity index (χ1) is 15.0. The van der Waals surface area contributed by atoms with Crippen LogP contribution < -0.4 is 10.6 Å². The highest BCUT2D eigenvalue weighted by atomic mass is 19.4. The standard InChI is InChI=1S/C22H18F6N2O2/c23-21(24,25)19(31)13-17(15-7-3-1-4-8-15)29-11-12-30-18(14-20(32)22(26,27)28)16-9-5-2-6-10-16/h1-10,13-14,29-30H,11-12H2. The van der Waals surface area contributed by atoms with Gasteiger partial charge in [0.2, 0.25) is 0 Å². The molecule has 4 nitrogen and oxygen atoms in total. The highest BCUT2D eigenvalue weighted by Crippen LogP contribution is 2.21. The van der Waals surface area contributed by atoms with E-state index < -0.39 is 23.9 Å². The van der Waals surface area contributed by atoms with Crippen molar-refractivity contribution in [1.82, 2.24) is 10.6 Å². The van der Waals surface area contributed by atoms with Crippen molar-refractivity contribution >= 4 is 23.0 Å². The van der Waals surface area contributed by atoms with Gasteiger partial charge in [-0.1, -0.05) is 60.7 Å². The van der Waals surface area contributed by atoms with Crippen LogP contribution in [0.15, 0.2) is 72.8 Å². The summed E-state index contributed by atoms with van der Waals surface area (Å²) in [5, 5.41) is 5.35. The van der Waals surface area contributed by atoms with Gasteiger partial charge in [0.05, 0.1) is 0 Å². The first-order valence-electron chi connectivity index (χ1n) is 9.23.